The Labute approximate surface area is 173 Å². The van der Waals surface area contributed by atoms with Crippen molar-refractivity contribution >= 4 is 16.9 Å². The van der Waals surface area contributed by atoms with Crippen LogP contribution in [0.15, 0.2) is 48.5 Å². The van der Waals surface area contributed by atoms with Crippen molar-refractivity contribution in [3.05, 3.63) is 65.5 Å². The third-order valence-electron chi connectivity index (χ3n) is 5.93. The molecule has 1 unspecified atom stereocenters. The molecule has 1 atom stereocenters. The van der Waals surface area contributed by atoms with Gasteiger partial charge in [0.2, 0.25) is 5.91 Å². The molecule has 0 spiro atoms. The Morgan fingerprint density at radius 1 is 1.13 bits per heavy atom. The van der Waals surface area contributed by atoms with E-state index in [1.165, 1.54) is 12.1 Å². The Morgan fingerprint density at radius 3 is 2.43 bits per heavy atom. The van der Waals surface area contributed by atoms with E-state index >= 15 is 0 Å². The average Bonchev–Trinajstić information content (AvgIpc) is 3.17. The molecule has 1 aliphatic heterocycles. The van der Waals surface area contributed by atoms with E-state index in [9.17, 15) is 18.0 Å². The minimum atomic E-state index is -4.35. The number of hydrogen-bond donors (Lipinski definition) is 1. The first-order valence-corrected chi connectivity index (χ1v) is 10.2. The highest BCUT2D eigenvalue weighted by Crippen LogP contribution is 2.32. The molecule has 3 aromatic rings. The standard InChI is InChI=1S/C23H24F3N3O/c1-15(16-6-8-18(9-7-16)23(24,25)26)14-21(30)29-12-10-17(11-13-29)22-27-19-4-2-3-5-20(19)28-22/h2-9,15,17H,10-14H2,1H3,(H,27,28). The van der Waals surface area contributed by atoms with Gasteiger partial charge in [0, 0.05) is 25.4 Å². The van der Waals surface area contributed by atoms with Crippen LogP contribution in [0.1, 0.15) is 55.0 Å². The molecule has 1 aliphatic rings. The molecule has 1 amide bonds. The number of benzene rings is 2. The van der Waals surface area contributed by atoms with Crippen molar-refractivity contribution in [3.63, 3.8) is 0 Å². The van der Waals surface area contributed by atoms with E-state index in [1.807, 2.05) is 36.1 Å². The summed E-state index contributed by atoms with van der Waals surface area (Å²) in [5.74, 6) is 1.19. The van der Waals surface area contributed by atoms with Gasteiger partial charge in [0.05, 0.1) is 16.6 Å². The van der Waals surface area contributed by atoms with Crippen LogP contribution in [-0.4, -0.2) is 33.9 Å². The van der Waals surface area contributed by atoms with Gasteiger partial charge in [0.15, 0.2) is 0 Å². The molecule has 1 saturated heterocycles. The first-order valence-electron chi connectivity index (χ1n) is 10.2. The zero-order chi connectivity index (χ0) is 21.3. The van der Waals surface area contributed by atoms with Crippen LogP contribution in [0.25, 0.3) is 11.0 Å². The van der Waals surface area contributed by atoms with Crippen LogP contribution >= 0.6 is 0 Å². The average molecular weight is 415 g/mol. The maximum Gasteiger partial charge on any atom is 0.416 e. The Morgan fingerprint density at radius 2 is 1.80 bits per heavy atom. The molecule has 158 valence electrons. The smallest absolute Gasteiger partial charge is 0.343 e. The largest absolute Gasteiger partial charge is 0.416 e. The lowest BCUT2D eigenvalue weighted by Gasteiger charge is -2.32. The number of carbonyl (C=O) groups excluding carboxylic acids is 1. The first kappa shape index (κ1) is 20.4. The minimum absolute atomic E-state index is 0.0467. The summed E-state index contributed by atoms with van der Waals surface area (Å²) in [5, 5.41) is 0. The molecule has 7 heteroatoms. The summed E-state index contributed by atoms with van der Waals surface area (Å²) in [6.45, 7) is 3.21. The zero-order valence-corrected chi connectivity index (χ0v) is 16.7. The molecule has 0 radical (unpaired) electrons. The summed E-state index contributed by atoms with van der Waals surface area (Å²) in [7, 11) is 0. The maximum absolute atomic E-state index is 12.7. The Balaban J connectivity index is 1.32. The second-order valence-corrected chi connectivity index (χ2v) is 8.02. The molecular weight excluding hydrogens is 391 g/mol. The number of amides is 1. The molecular formula is C23H24F3N3O. The number of alkyl halides is 3. The molecule has 0 bridgehead atoms. The van der Waals surface area contributed by atoms with Gasteiger partial charge in [-0.05, 0) is 48.6 Å². The number of H-pyrrole nitrogens is 1. The Kier molecular flexibility index (Phi) is 5.54. The van der Waals surface area contributed by atoms with Gasteiger partial charge in [-0.1, -0.05) is 31.2 Å². The number of imidazole rings is 1. The van der Waals surface area contributed by atoms with Crippen LogP contribution < -0.4 is 0 Å². The molecule has 1 fully saturated rings. The number of nitrogens with zero attached hydrogens (tertiary/aromatic N) is 2. The third-order valence-corrected chi connectivity index (χ3v) is 5.93. The number of aromatic amines is 1. The van der Waals surface area contributed by atoms with Gasteiger partial charge in [-0.2, -0.15) is 13.2 Å². The zero-order valence-electron chi connectivity index (χ0n) is 16.7. The number of rotatable bonds is 4. The minimum Gasteiger partial charge on any atom is -0.343 e. The number of halogens is 3. The van der Waals surface area contributed by atoms with Crippen molar-refractivity contribution < 1.29 is 18.0 Å². The van der Waals surface area contributed by atoms with Crippen molar-refractivity contribution in [2.75, 3.05) is 13.1 Å². The Bertz CT molecular complexity index is 985. The first-order chi connectivity index (χ1) is 14.3. The van der Waals surface area contributed by atoms with Crippen LogP contribution in [0.3, 0.4) is 0 Å². The highest BCUT2D eigenvalue weighted by atomic mass is 19.4. The van der Waals surface area contributed by atoms with Crippen LogP contribution in [0, 0.1) is 0 Å². The SMILES string of the molecule is CC(CC(=O)N1CCC(c2nc3ccccc3[nH]2)CC1)c1ccc(C(F)(F)F)cc1. The number of para-hydroxylation sites is 2. The van der Waals surface area contributed by atoms with Crippen molar-refractivity contribution in [3.8, 4) is 0 Å². The van der Waals surface area contributed by atoms with Crippen LogP contribution in [0.4, 0.5) is 13.2 Å². The van der Waals surface area contributed by atoms with Gasteiger partial charge in [-0.15, -0.1) is 0 Å². The van der Waals surface area contributed by atoms with E-state index in [2.05, 4.69) is 9.97 Å². The van der Waals surface area contributed by atoms with Crippen LogP contribution in [0.2, 0.25) is 0 Å². The van der Waals surface area contributed by atoms with Crippen molar-refractivity contribution in [2.45, 2.75) is 44.2 Å². The third kappa shape index (κ3) is 4.35. The number of fused-ring (bicyclic) bond motifs is 1. The van der Waals surface area contributed by atoms with Crippen molar-refractivity contribution in [1.29, 1.82) is 0 Å². The molecule has 4 rings (SSSR count). The van der Waals surface area contributed by atoms with E-state index in [1.54, 1.807) is 0 Å². The topological polar surface area (TPSA) is 49.0 Å². The van der Waals surface area contributed by atoms with Gasteiger partial charge in [-0.3, -0.25) is 4.79 Å². The summed E-state index contributed by atoms with van der Waals surface area (Å²) in [4.78, 5) is 22.6. The summed E-state index contributed by atoms with van der Waals surface area (Å²) in [6, 6.07) is 13.0. The van der Waals surface area contributed by atoms with Gasteiger partial charge in [-0.25, -0.2) is 4.98 Å². The lowest BCUT2D eigenvalue weighted by molar-refractivity contribution is -0.137. The summed E-state index contributed by atoms with van der Waals surface area (Å²) < 4.78 is 38.2. The number of hydrogen-bond acceptors (Lipinski definition) is 2. The number of aromatic nitrogens is 2. The van der Waals surface area contributed by atoms with Crippen LogP contribution in [0.5, 0.6) is 0 Å². The number of carbonyl (C=O) groups is 1. The maximum atomic E-state index is 12.7. The second kappa shape index (κ2) is 8.13. The predicted molar refractivity (Wildman–Crippen MR) is 109 cm³/mol. The van der Waals surface area contributed by atoms with Gasteiger partial charge >= 0.3 is 6.18 Å². The molecule has 2 heterocycles. The van der Waals surface area contributed by atoms with E-state index in [0.29, 0.717) is 25.4 Å². The normalized spacial score (nSPS) is 16.7. The molecule has 1 N–H and O–H groups in total. The van der Waals surface area contributed by atoms with E-state index < -0.39 is 11.7 Å². The van der Waals surface area contributed by atoms with E-state index in [-0.39, 0.29) is 11.8 Å². The molecule has 1 aromatic heterocycles. The lowest BCUT2D eigenvalue weighted by Crippen LogP contribution is -2.38. The van der Waals surface area contributed by atoms with Gasteiger partial charge in [0.25, 0.3) is 0 Å². The van der Waals surface area contributed by atoms with Gasteiger partial charge < -0.3 is 9.88 Å². The fraction of sp³-hybridized carbons (Fsp3) is 0.391. The number of likely N-dealkylation sites (tertiary alicyclic amines) is 1. The Hall–Kier alpha value is -2.83. The highest BCUT2D eigenvalue weighted by Gasteiger charge is 2.30. The fourth-order valence-corrected chi connectivity index (χ4v) is 4.08. The van der Waals surface area contributed by atoms with Crippen molar-refractivity contribution in [1.82, 2.24) is 14.9 Å². The number of piperidine rings is 1. The quantitative estimate of drug-likeness (QED) is 0.613. The van der Waals surface area contributed by atoms with Gasteiger partial charge in [0.1, 0.15) is 5.82 Å². The van der Waals surface area contributed by atoms with Crippen LogP contribution in [-0.2, 0) is 11.0 Å². The monoisotopic (exact) mass is 415 g/mol. The van der Waals surface area contributed by atoms with E-state index in [4.69, 9.17) is 0 Å². The molecule has 2 aromatic carbocycles. The lowest BCUT2D eigenvalue weighted by atomic mass is 9.93. The predicted octanol–water partition coefficient (Wildman–Crippen LogP) is 5.48. The molecule has 30 heavy (non-hydrogen) atoms. The number of nitrogens with one attached hydrogen (secondary N) is 1. The summed E-state index contributed by atoms with van der Waals surface area (Å²) in [5.41, 5.74) is 2.05. The molecule has 4 nitrogen and oxygen atoms in total. The summed E-state index contributed by atoms with van der Waals surface area (Å²) >= 11 is 0. The molecule has 0 saturated carbocycles. The molecule has 0 aliphatic carbocycles. The van der Waals surface area contributed by atoms with Crippen molar-refractivity contribution in [2.24, 2.45) is 0 Å². The van der Waals surface area contributed by atoms with E-state index in [0.717, 1.165) is 47.4 Å². The fourth-order valence-electron chi connectivity index (χ4n) is 4.08. The second-order valence-electron chi connectivity index (χ2n) is 8.02. The summed E-state index contributed by atoms with van der Waals surface area (Å²) in [6.07, 6.45) is -2.36. The highest BCUT2D eigenvalue weighted by molar-refractivity contribution is 5.77.